The van der Waals surface area contributed by atoms with Crippen molar-refractivity contribution in [2.24, 2.45) is 0 Å². The predicted molar refractivity (Wildman–Crippen MR) is 71.1 cm³/mol. The molecule has 1 aliphatic rings. The van der Waals surface area contributed by atoms with Crippen molar-refractivity contribution >= 4 is 11.4 Å². The molecular formula is C13H16F3NO3S. The third kappa shape index (κ3) is 4.77. The molecule has 0 N–H and O–H groups in total. The van der Waals surface area contributed by atoms with E-state index in [0.29, 0.717) is 18.0 Å². The van der Waals surface area contributed by atoms with Crippen molar-refractivity contribution in [3.63, 3.8) is 0 Å². The van der Waals surface area contributed by atoms with Gasteiger partial charge in [-0.1, -0.05) is 0 Å². The molecule has 1 atom stereocenters. The number of benzene rings is 1. The van der Waals surface area contributed by atoms with E-state index in [0.717, 1.165) is 12.8 Å². The molecule has 118 valence electrons. The number of hydrogen-bond donors (Lipinski definition) is 0. The van der Waals surface area contributed by atoms with E-state index in [1.165, 1.54) is 24.3 Å². The van der Waals surface area contributed by atoms with Gasteiger partial charge in [0.05, 0.1) is 17.5 Å². The first-order chi connectivity index (χ1) is 9.89. The van der Waals surface area contributed by atoms with Crippen LogP contribution in [0.15, 0.2) is 29.2 Å². The summed E-state index contributed by atoms with van der Waals surface area (Å²) < 4.78 is 59.3. The Labute approximate surface area is 124 Å². The normalized spacial score (nSPS) is 19.5. The molecule has 0 radical (unpaired) electrons. The first-order valence-electron chi connectivity index (χ1n) is 6.44. The summed E-state index contributed by atoms with van der Waals surface area (Å²) in [6.45, 7) is 1.26. The Morgan fingerprint density at radius 3 is 2.24 bits per heavy atom. The molecule has 0 aliphatic carbocycles. The molecule has 4 nitrogen and oxygen atoms in total. The van der Waals surface area contributed by atoms with Gasteiger partial charge in [-0.2, -0.15) is 0 Å². The Hall–Kier alpha value is -0.960. The maximum absolute atomic E-state index is 12.3. The van der Waals surface area contributed by atoms with Gasteiger partial charge in [-0.05, 0) is 37.1 Å². The van der Waals surface area contributed by atoms with E-state index >= 15 is 0 Å². The third-order valence-electron chi connectivity index (χ3n) is 3.23. The van der Waals surface area contributed by atoms with Gasteiger partial charge in [0, 0.05) is 20.2 Å². The fourth-order valence-electron chi connectivity index (χ4n) is 2.14. The van der Waals surface area contributed by atoms with E-state index in [2.05, 4.69) is 4.74 Å². The molecule has 0 saturated carbocycles. The lowest BCUT2D eigenvalue weighted by atomic mass is 10.1. The second kappa shape index (κ2) is 6.87. The van der Waals surface area contributed by atoms with Crippen LogP contribution in [0.5, 0.6) is 5.75 Å². The minimum atomic E-state index is -4.72. The van der Waals surface area contributed by atoms with E-state index in [4.69, 9.17) is 4.74 Å². The topological polar surface area (TPSA) is 44.8 Å². The van der Waals surface area contributed by atoms with Crippen LogP contribution in [0.3, 0.4) is 0 Å². The zero-order valence-electron chi connectivity index (χ0n) is 11.4. The summed E-state index contributed by atoms with van der Waals surface area (Å²) in [5.74, 6) is -0.318. The zero-order chi connectivity index (χ0) is 15.5. The maximum atomic E-state index is 12.3. The molecule has 1 aliphatic heterocycles. The van der Waals surface area contributed by atoms with Gasteiger partial charge < -0.3 is 14.0 Å². The van der Waals surface area contributed by atoms with Crippen LogP contribution in [0.1, 0.15) is 12.8 Å². The highest BCUT2D eigenvalue weighted by Crippen LogP contribution is 2.26. The van der Waals surface area contributed by atoms with Crippen molar-refractivity contribution in [2.45, 2.75) is 30.2 Å². The lowest BCUT2D eigenvalue weighted by molar-refractivity contribution is -0.274. The van der Waals surface area contributed by atoms with Crippen LogP contribution in [0.4, 0.5) is 13.2 Å². The van der Waals surface area contributed by atoms with E-state index in [1.807, 2.05) is 0 Å². The third-order valence-corrected chi connectivity index (χ3v) is 4.74. The summed E-state index contributed by atoms with van der Waals surface area (Å²) in [6.07, 6.45) is -2.96. The molecule has 0 unspecified atom stereocenters. The standard InChI is InChI=1S/C13H16F3NO3S/c1-19-10-6-8-17(9-7-10)21(18)12-4-2-11(3-5-12)20-13(14,15)16/h2-5,10H,6-9H2,1H3/t21-/m1/s1. The summed E-state index contributed by atoms with van der Waals surface area (Å²) in [6, 6.07) is 5.12. The Morgan fingerprint density at radius 1 is 1.19 bits per heavy atom. The molecule has 0 aromatic heterocycles. The van der Waals surface area contributed by atoms with Gasteiger partial charge in [0.1, 0.15) is 5.75 Å². The first kappa shape index (κ1) is 16.4. The molecule has 8 heteroatoms. The quantitative estimate of drug-likeness (QED) is 0.799. The number of rotatable bonds is 4. The van der Waals surface area contributed by atoms with Crippen LogP contribution in [0.25, 0.3) is 0 Å². The van der Waals surface area contributed by atoms with Crippen LogP contribution in [0.2, 0.25) is 0 Å². The molecule has 21 heavy (non-hydrogen) atoms. The van der Waals surface area contributed by atoms with Gasteiger partial charge >= 0.3 is 6.36 Å². The van der Waals surface area contributed by atoms with Crippen LogP contribution in [-0.4, -0.2) is 41.5 Å². The Kier molecular flexibility index (Phi) is 5.37. The highest BCUT2D eigenvalue weighted by Gasteiger charge is 2.32. The number of methoxy groups -OCH3 is 1. The predicted octanol–water partition coefficient (Wildman–Crippen LogP) is 2.72. The number of halogens is 3. The van der Waals surface area contributed by atoms with Gasteiger partial charge in [-0.25, -0.2) is 0 Å². The first-order valence-corrected chi connectivity index (χ1v) is 7.55. The van der Waals surface area contributed by atoms with Crippen LogP contribution >= 0.6 is 0 Å². The molecule has 1 aromatic carbocycles. The largest absolute Gasteiger partial charge is 0.593 e. The van der Waals surface area contributed by atoms with Crippen LogP contribution in [0, 0.1) is 0 Å². The van der Waals surface area contributed by atoms with Gasteiger partial charge in [-0.15, -0.1) is 17.5 Å². The van der Waals surface area contributed by atoms with Crippen molar-refractivity contribution in [2.75, 3.05) is 20.2 Å². The number of hydrogen-bond acceptors (Lipinski definition) is 4. The number of ether oxygens (including phenoxy) is 2. The summed E-state index contributed by atoms with van der Waals surface area (Å²) in [5, 5.41) is 0. The Balaban J connectivity index is 1.95. The lowest BCUT2D eigenvalue weighted by Crippen LogP contribution is -2.40. The molecule has 1 saturated heterocycles. The highest BCUT2D eigenvalue weighted by atomic mass is 32.2. The van der Waals surface area contributed by atoms with E-state index in [9.17, 15) is 17.7 Å². The minimum absolute atomic E-state index is 0.181. The number of alkyl halides is 3. The monoisotopic (exact) mass is 323 g/mol. The van der Waals surface area contributed by atoms with Gasteiger partial charge in [0.25, 0.3) is 0 Å². The van der Waals surface area contributed by atoms with E-state index in [-0.39, 0.29) is 11.9 Å². The number of piperidine rings is 1. The smallest absolute Gasteiger partial charge is 0.573 e. The summed E-state index contributed by atoms with van der Waals surface area (Å²) >= 11 is -1.38. The molecule has 1 aromatic rings. The van der Waals surface area contributed by atoms with E-state index in [1.54, 1.807) is 11.4 Å². The van der Waals surface area contributed by atoms with Crippen molar-refractivity contribution < 1.29 is 27.2 Å². The van der Waals surface area contributed by atoms with Gasteiger partial charge in [0.15, 0.2) is 4.90 Å². The average molecular weight is 323 g/mol. The molecule has 2 rings (SSSR count). The maximum Gasteiger partial charge on any atom is 0.573 e. The molecule has 0 bridgehead atoms. The fourth-order valence-corrected chi connectivity index (χ4v) is 3.35. The Morgan fingerprint density at radius 2 is 1.76 bits per heavy atom. The molecule has 0 amide bonds. The van der Waals surface area contributed by atoms with Gasteiger partial charge in [0.2, 0.25) is 0 Å². The summed E-state index contributed by atoms with van der Waals surface area (Å²) in [5.41, 5.74) is 0. The molecule has 0 spiro atoms. The second-order valence-electron chi connectivity index (χ2n) is 4.63. The van der Waals surface area contributed by atoms with E-state index < -0.39 is 17.7 Å². The average Bonchev–Trinajstić information content (AvgIpc) is 2.46. The fraction of sp³-hybridized carbons (Fsp3) is 0.538. The second-order valence-corrected chi connectivity index (χ2v) is 6.12. The lowest BCUT2D eigenvalue weighted by Gasteiger charge is -2.30. The van der Waals surface area contributed by atoms with Crippen LogP contribution in [-0.2, 0) is 16.1 Å². The zero-order valence-corrected chi connectivity index (χ0v) is 12.2. The summed E-state index contributed by atoms with van der Waals surface area (Å²) in [7, 11) is 1.65. The Bertz CT molecular complexity index is 447. The van der Waals surface area contributed by atoms with Crippen molar-refractivity contribution in [3.05, 3.63) is 24.3 Å². The SMILES string of the molecule is COC1CCN([S@+]([O-])c2ccc(OC(F)(F)F)cc2)CC1. The molecule has 1 fully saturated rings. The minimum Gasteiger partial charge on any atom is -0.593 e. The van der Waals surface area contributed by atoms with Crippen molar-refractivity contribution in [1.82, 2.24) is 4.31 Å². The van der Waals surface area contributed by atoms with Crippen molar-refractivity contribution in [1.29, 1.82) is 0 Å². The van der Waals surface area contributed by atoms with Crippen LogP contribution < -0.4 is 4.74 Å². The van der Waals surface area contributed by atoms with Gasteiger partial charge in [-0.3, -0.25) is 0 Å². The number of nitrogens with zero attached hydrogens (tertiary/aromatic N) is 1. The molecule has 1 heterocycles. The van der Waals surface area contributed by atoms with Crippen molar-refractivity contribution in [3.8, 4) is 5.75 Å². The summed E-state index contributed by atoms with van der Waals surface area (Å²) in [4.78, 5) is 0.459. The molecular weight excluding hydrogens is 307 g/mol. The highest BCUT2D eigenvalue weighted by molar-refractivity contribution is 7.89.